The lowest BCUT2D eigenvalue weighted by atomic mass is 10.1. The van der Waals surface area contributed by atoms with E-state index in [1.807, 2.05) is 30.5 Å². The van der Waals surface area contributed by atoms with Crippen molar-refractivity contribution in [1.82, 2.24) is 4.98 Å². The molecule has 0 saturated carbocycles. The number of anilines is 1. The van der Waals surface area contributed by atoms with Crippen LogP contribution in [0, 0.1) is 18.3 Å². The van der Waals surface area contributed by atoms with Crippen LogP contribution in [0.2, 0.25) is 0 Å². The molecule has 0 fully saturated rings. The maximum atomic E-state index is 9.16. The monoisotopic (exact) mass is 273 g/mol. The molecule has 0 radical (unpaired) electrons. The predicted octanol–water partition coefficient (Wildman–Crippen LogP) is 3.05. The fourth-order valence-electron chi connectivity index (χ4n) is 1.77. The van der Waals surface area contributed by atoms with E-state index < -0.39 is 0 Å². The van der Waals surface area contributed by atoms with E-state index in [2.05, 4.69) is 16.4 Å². The van der Waals surface area contributed by atoms with Gasteiger partial charge in [-0.25, -0.2) is 4.98 Å². The Morgan fingerprint density at radius 1 is 1.53 bits per heavy atom. The normalized spacial score (nSPS) is 10.2. The molecule has 0 unspecified atom stereocenters. The minimum atomic E-state index is 0.564. The molecular weight excluding hydrogens is 258 g/mol. The number of hydrogen-bond acceptors (Lipinski definition) is 5. The van der Waals surface area contributed by atoms with Crippen LogP contribution in [-0.2, 0) is 4.74 Å². The third-order valence-corrected chi connectivity index (χ3v) is 3.56. The van der Waals surface area contributed by atoms with Gasteiger partial charge in [-0.15, -0.1) is 11.3 Å². The maximum absolute atomic E-state index is 9.16. The van der Waals surface area contributed by atoms with Crippen molar-refractivity contribution in [1.29, 1.82) is 5.26 Å². The Kier molecular flexibility index (Phi) is 4.50. The molecule has 0 aliphatic rings. The molecule has 0 atom stereocenters. The first-order valence-corrected chi connectivity index (χ1v) is 6.82. The lowest BCUT2D eigenvalue weighted by Gasteiger charge is -2.10. The second kappa shape index (κ2) is 6.32. The van der Waals surface area contributed by atoms with Gasteiger partial charge in [0.05, 0.1) is 22.7 Å². The number of nitriles is 1. The number of aromatic nitrogens is 1. The molecule has 0 spiro atoms. The summed E-state index contributed by atoms with van der Waals surface area (Å²) in [5, 5.41) is 14.3. The second-order valence-electron chi connectivity index (χ2n) is 4.06. The molecule has 2 aromatic heterocycles. The molecule has 98 valence electrons. The van der Waals surface area contributed by atoms with E-state index in [1.165, 1.54) is 0 Å². The fourth-order valence-corrected chi connectivity index (χ4v) is 2.55. The summed E-state index contributed by atoms with van der Waals surface area (Å²) in [6, 6.07) is 8.08. The molecule has 2 rings (SSSR count). The number of hydrogen-bond donors (Lipinski definition) is 1. The third kappa shape index (κ3) is 3.11. The number of aryl methyl sites for hydroxylation is 1. The van der Waals surface area contributed by atoms with E-state index in [-0.39, 0.29) is 0 Å². The Balaban J connectivity index is 2.36. The minimum absolute atomic E-state index is 0.564. The molecule has 4 nitrogen and oxygen atoms in total. The Labute approximate surface area is 116 Å². The Morgan fingerprint density at radius 3 is 3.00 bits per heavy atom. The van der Waals surface area contributed by atoms with Crippen LogP contribution in [-0.4, -0.2) is 25.2 Å². The molecule has 2 aromatic rings. The van der Waals surface area contributed by atoms with Crippen molar-refractivity contribution in [3.63, 3.8) is 0 Å². The van der Waals surface area contributed by atoms with Crippen molar-refractivity contribution in [2.75, 3.05) is 25.6 Å². The van der Waals surface area contributed by atoms with Crippen molar-refractivity contribution >= 4 is 17.2 Å². The Morgan fingerprint density at radius 2 is 2.37 bits per heavy atom. The number of pyridine rings is 1. The molecule has 19 heavy (non-hydrogen) atoms. The first-order valence-electron chi connectivity index (χ1n) is 5.94. The average Bonchev–Trinajstić information content (AvgIpc) is 2.94. The van der Waals surface area contributed by atoms with Gasteiger partial charge in [0.1, 0.15) is 11.9 Å². The highest BCUT2D eigenvalue weighted by molar-refractivity contribution is 7.13. The summed E-state index contributed by atoms with van der Waals surface area (Å²) in [6.45, 7) is 3.18. The smallest absolute Gasteiger partial charge is 0.144 e. The number of nitrogens with zero attached hydrogens (tertiary/aromatic N) is 2. The summed E-state index contributed by atoms with van der Waals surface area (Å²) in [4.78, 5) is 5.69. The number of methoxy groups -OCH3 is 1. The third-order valence-electron chi connectivity index (χ3n) is 2.69. The molecule has 0 amide bonds. The van der Waals surface area contributed by atoms with E-state index in [0.29, 0.717) is 24.5 Å². The van der Waals surface area contributed by atoms with Crippen LogP contribution in [0.15, 0.2) is 23.6 Å². The average molecular weight is 273 g/mol. The lowest BCUT2D eigenvalue weighted by molar-refractivity contribution is 0.210. The van der Waals surface area contributed by atoms with E-state index in [0.717, 1.165) is 16.1 Å². The number of nitrogens with one attached hydrogen (secondary N) is 1. The standard InChI is InChI=1S/C14H15N3OS/c1-10-8-11(9-15)14(16-5-6-18-2)17-13(10)12-4-3-7-19-12/h3-4,7-8H,5-6H2,1-2H3,(H,16,17). The summed E-state index contributed by atoms with van der Waals surface area (Å²) in [5.41, 5.74) is 2.50. The summed E-state index contributed by atoms with van der Waals surface area (Å²) < 4.78 is 4.99. The van der Waals surface area contributed by atoms with Crippen molar-refractivity contribution in [2.45, 2.75) is 6.92 Å². The SMILES string of the molecule is COCCNc1nc(-c2cccs2)c(C)cc1C#N. The van der Waals surface area contributed by atoms with E-state index in [4.69, 9.17) is 10.00 Å². The highest BCUT2D eigenvalue weighted by Gasteiger charge is 2.11. The number of rotatable bonds is 5. The first-order chi connectivity index (χ1) is 9.26. The topological polar surface area (TPSA) is 57.9 Å². The van der Waals surface area contributed by atoms with Crippen LogP contribution in [0.5, 0.6) is 0 Å². The van der Waals surface area contributed by atoms with Crippen molar-refractivity contribution in [3.05, 3.63) is 34.7 Å². The van der Waals surface area contributed by atoms with Gasteiger partial charge < -0.3 is 10.1 Å². The summed E-state index contributed by atoms with van der Waals surface area (Å²) in [7, 11) is 1.65. The molecule has 2 heterocycles. The lowest BCUT2D eigenvalue weighted by Crippen LogP contribution is -2.10. The Bertz CT molecular complexity index is 587. The van der Waals surface area contributed by atoms with Crippen molar-refractivity contribution in [3.8, 4) is 16.6 Å². The maximum Gasteiger partial charge on any atom is 0.144 e. The Hall–Kier alpha value is -1.90. The number of ether oxygens (including phenoxy) is 1. The van der Waals surface area contributed by atoms with Gasteiger partial charge in [-0.05, 0) is 30.0 Å². The highest BCUT2D eigenvalue weighted by atomic mass is 32.1. The molecule has 0 aliphatic heterocycles. The quantitative estimate of drug-likeness (QED) is 0.851. The molecule has 1 N–H and O–H groups in total. The van der Waals surface area contributed by atoms with E-state index in [9.17, 15) is 0 Å². The van der Waals surface area contributed by atoms with Gasteiger partial charge >= 0.3 is 0 Å². The van der Waals surface area contributed by atoms with Gasteiger partial charge in [-0.1, -0.05) is 6.07 Å². The van der Waals surface area contributed by atoms with Gasteiger partial charge in [0.2, 0.25) is 0 Å². The van der Waals surface area contributed by atoms with Gasteiger partial charge in [-0.3, -0.25) is 0 Å². The predicted molar refractivity (Wildman–Crippen MR) is 77.4 cm³/mol. The van der Waals surface area contributed by atoms with Crippen molar-refractivity contribution in [2.24, 2.45) is 0 Å². The largest absolute Gasteiger partial charge is 0.383 e. The fraction of sp³-hybridized carbons (Fsp3) is 0.286. The molecule has 0 saturated heterocycles. The van der Waals surface area contributed by atoms with Gasteiger partial charge in [0, 0.05) is 13.7 Å². The van der Waals surface area contributed by atoms with Crippen LogP contribution in [0.1, 0.15) is 11.1 Å². The second-order valence-corrected chi connectivity index (χ2v) is 5.01. The molecule has 0 aromatic carbocycles. The van der Waals surface area contributed by atoms with Crippen molar-refractivity contribution < 1.29 is 4.74 Å². The van der Waals surface area contributed by atoms with Crippen LogP contribution < -0.4 is 5.32 Å². The van der Waals surface area contributed by atoms with Crippen LogP contribution >= 0.6 is 11.3 Å². The van der Waals surface area contributed by atoms with Crippen LogP contribution in [0.25, 0.3) is 10.6 Å². The molecule has 5 heteroatoms. The van der Waals surface area contributed by atoms with E-state index >= 15 is 0 Å². The van der Waals surface area contributed by atoms with Gasteiger partial charge in [-0.2, -0.15) is 5.26 Å². The molecule has 0 bridgehead atoms. The highest BCUT2D eigenvalue weighted by Crippen LogP contribution is 2.28. The summed E-state index contributed by atoms with van der Waals surface area (Å²) in [6.07, 6.45) is 0. The van der Waals surface area contributed by atoms with Crippen LogP contribution in [0.3, 0.4) is 0 Å². The van der Waals surface area contributed by atoms with E-state index in [1.54, 1.807) is 18.4 Å². The zero-order chi connectivity index (χ0) is 13.7. The minimum Gasteiger partial charge on any atom is -0.383 e. The molecular formula is C14H15N3OS. The van der Waals surface area contributed by atoms with Gasteiger partial charge in [0.25, 0.3) is 0 Å². The summed E-state index contributed by atoms with van der Waals surface area (Å²) >= 11 is 1.64. The first kappa shape index (κ1) is 13.5. The summed E-state index contributed by atoms with van der Waals surface area (Å²) in [5.74, 6) is 0.619. The zero-order valence-electron chi connectivity index (χ0n) is 10.9. The number of thiophene rings is 1. The van der Waals surface area contributed by atoms with Gasteiger partial charge in [0.15, 0.2) is 0 Å². The van der Waals surface area contributed by atoms with Crippen LogP contribution in [0.4, 0.5) is 5.82 Å². The molecule has 0 aliphatic carbocycles. The zero-order valence-corrected chi connectivity index (χ0v) is 11.8.